The topological polar surface area (TPSA) is 69.7 Å². The van der Waals surface area contributed by atoms with Gasteiger partial charge in [-0.05, 0) is 49.2 Å². The number of hydrogen-bond donors (Lipinski definition) is 1. The van der Waals surface area contributed by atoms with Crippen LogP contribution in [0, 0.1) is 5.82 Å². The summed E-state index contributed by atoms with van der Waals surface area (Å²) >= 11 is 5.98. The first-order valence-corrected chi connectivity index (χ1v) is 10.2. The summed E-state index contributed by atoms with van der Waals surface area (Å²) in [7, 11) is 0. The Morgan fingerprint density at radius 2 is 1.80 bits per heavy atom. The highest BCUT2D eigenvalue weighted by molar-refractivity contribution is 6.31. The van der Waals surface area contributed by atoms with Gasteiger partial charge in [0.25, 0.3) is 11.8 Å². The van der Waals surface area contributed by atoms with Crippen molar-refractivity contribution in [3.05, 3.63) is 64.9 Å². The van der Waals surface area contributed by atoms with Crippen LogP contribution in [0.1, 0.15) is 29.6 Å². The molecule has 6 nitrogen and oxygen atoms in total. The van der Waals surface area contributed by atoms with Crippen molar-refractivity contribution in [3.8, 4) is 0 Å². The number of carbonyl (C=O) groups excluding carboxylic acids is 3. The molecular weight excluding hydrogens is 409 g/mol. The number of anilines is 1. The number of halogens is 2. The lowest BCUT2D eigenvalue weighted by molar-refractivity contribution is -0.121. The van der Waals surface area contributed by atoms with Gasteiger partial charge in [-0.1, -0.05) is 23.7 Å². The molecule has 1 N–H and O–H groups in total. The highest BCUT2D eigenvalue weighted by atomic mass is 35.5. The Labute approximate surface area is 178 Å². The zero-order valence-electron chi connectivity index (χ0n) is 16.2. The molecule has 0 spiro atoms. The molecule has 156 valence electrons. The molecule has 2 aromatic rings. The average molecular weight is 430 g/mol. The fraction of sp³-hybridized carbons (Fsp3) is 0.318. The van der Waals surface area contributed by atoms with Crippen LogP contribution in [0.15, 0.2) is 48.5 Å². The molecule has 2 aliphatic heterocycles. The minimum Gasteiger partial charge on any atom is -0.339 e. The predicted octanol–water partition coefficient (Wildman–Crippen LogP) is 3.01. The van der Waals surface area contributed by atoms with Gasteiger partial charge in [-0.25, -0.2) is 9.29 Å². The number of hydrogen-bond acceptors (Lipinski definition) is 4. The van der Waals surface area contributed by atoms with Crippen molar-refractivity contribution >= 4 is 35.0 Å². The van der Waals surface area contributed by atoms with E-state index in [2.05, 4.69) is 5.32 Å². The summed E-state index contributed by atoms with van der Waals surface area (Å²) in [4.78, 5) is 40.6. The number of benzene rings is 2. The molecular formula is C22H21ClFN3O3. The van der Waals surface area contributed by atoms with Gasteiger partial charge in [-0.15, -0.1) is 0 Å². The second-order valence-electron chi connectivity index (χ2n) is 7.55. The lowest BCUT2D eigenvalue weighted by Crippen LogP contribution is -2.49. The Morgan fingerprint density at radius 3 is 2.50 bits per heavy atom. The van der Waals surface area contributed by atoms with E-state index in [0.29, 0.717) is 42.2 Å². The fourth-order valence-electron chi connectivity index (χ4n) is 3.99. The van der Waals surface area contributed by atoms with Crippen molar-refractivity contribution in [2.24, 2.45) is 0 Å². The molecule has 2 heterocycles. The van der Waals surface area contributed by atoms with Crippen molar-refractivity contribution in [2.75, 3.05) is 18.0 Å². The van der Waals surface area contributed by atoms with E-state index in [-0.39, 0.29) is 30.2 Å². The number of piperidine rings is 1. The molecule has 0 bridgehead atoms. The van der Waals surface area contributed by atoms with Crippen LogP contribution < -0.4 is 10.2 Å². The molecule has 0 saturated carbocycles. The van der Waals surface area contributed by atoms with Crippen LogP contribution in [-0.4, -0.2) is 47.8 Å². The van der Waals surface area contributed by atoms with Crippen LogP contribution in [0.4, 0.5) is 10.1 Å². The van der Waals surface area contributed by atoms with Gasteiger partial charge in [0.2, 0.25) is 5.91 Å². The third-order valence-electron chi connectivity index (χ3n) is 5.50. The molecule has 0 aromatic heterocycles. The maximum Gasteiger partial charge on any atom is 0.253 e. The van der Waals surface area contributed by atoms with Crippen molar-refractivity contribution in [3.63, 3.8) is 0 Å². The maximum atomic E-state index is 13.4. The van der Waals surface area contributed by atoms with Crippen molar-refractivity contribution in [2.45, 2.75) is 31.3 Å². The fourth-order valence-corrected chi connectivity index (χ4v) is 4.17. The zero-order valence-corrected chi connectivity index (χ0v) is 16.9. The molecule has 2 fully saturated rings. The van der Waals surface area contributed by atoms with Crippen LogP contribution in [0.3, 0.4) is 0 Å². The van der Waals surface area contributed by atoms with E-state index in [4.69, 9.17) is 11.6 Å². The first-order valence-electron chi connectivity index (χ1n) is 9.85. The van der Waals surface area contributed by atoms with E-state index in [1.165, 1.54) is 23.1 Å². The lowest BCUT2D eigenvalue weighted by Gasteiger charge is -2.33. The summed E-state index contributed by atoms with van der Waals surface area (Å²) in [6.45, 7) is 1.000. The van der Waals surface area contributed by atoms with Gasteiger partial charge in [0, 0.05) is 29.7 Å². The van der Waals surface area contributed by atoms with Crippen molar-refractivity contribution in [1.29, 1.82) is 0 Å². The number of nitrogens with zero attached hydrogens (tertiary/aromatic N) is 2. The summed E-state index contributed by atoms with van der Waals surface area (Å²) in [5, 5.41) is 3.74. The highest BCUT2D eigenvalue weighted by Crippen LogP contribution is 2.26. The SMILES string of the molecule is O=C(c1cccc(F)c1)N1CCC(N[C@H]2CC(=O)N(c3cccc(Cl)c3)C2=O)CC1. The summed E-state index contributed by atoms with van der Waals surface area (Å²) in [6.07, 6.45) is 1.39. The first-order chi connectivity index (χ1) is 14.4. The van der Waals surface area contributed by atoms with Gasteiger partial charge >= 0.3 is 0 Å². The van der Waals surface area contributed by atoms with Gasteiger partial charge in [0.05, 0.1) is 18.2 Å². The zero-order chi connectivity index (χ0) is 21.3. The van der Waals surface area contributed by atoms with Crippen LogP contribution in [0.25, 0.3) is 0 Å². The third-order valence-corrected chi connectivity index (χ3v) is 5.74. The van der Waals surface area contributed by atoms with E-state index in [1.807, 2.05) is 0 Å². The van der Waals surface area contributed by atoms with Crippen molar-refractivity contribution < 1.29 is 18.8 Å². The van der Waals surface area contributed by atoms with Gasteiger partial charge < -0.3 is 10.2 Å². The summed E-state index contributed by atoms with van der Waals surface area (Å²) < 4.78 is 13.4. The average Bonchev–Trinajstić information content (AvgIpc) is 3.01. The summed E-state index contributed by atoms with van der Waals surface area (Å²) in [5.41, 5.74) is 0.799. The van der Waals surface area contributed by atoms with Gasteiger partial charge in [0.1, 0.15) is 5.82 Å². The Kier molecular flexibility index (Phi) is 5.83. The maximum absolute atomic E-state index is 13.4. The standard InChI is InChI=1S/C22H21ClFN3O3/c23-15-4-2-6-18(12-15)27-20(28)13-19(22(27)30)25-17-7-9-26(10-8-17)21(29)14-3-1-5-16(24)11-14/h1-6,11-12,17,19,25H,7-10,13H2/t19-/m0/s1. The quantitative estimate of drug-likeness (QED) is 0.758. The third kappa shape index (κ3) is 4.22. The summed E-state index contributed by atoms with van der Waals surface area (Å²) in [5.74, 6) is -1.20. The lowest BCUT2D eigenvalue weighted by atomic mass is 10.0. The minimum absolute atomic E-state index is 0.0163. The van der Waals surface area contributed by atoms with Crippen LogP contribution in [0.2, 0.25) is 5.02 Å². The van der Waals surface area contributed by atoms with E-state index < -0.39 is 11.9 Å². The number of carbonyl (C=O) groups is 3. The molecule has 30 heavy (non-hydrogen) atoms. The molecule has 2 saturated heterocycles. The molecule has 0 aliphatic carbocycles. The van der Waals surface area contributed by atoms with E-state index >= 15 is 0 Å². The number of nitrogens with one attached hydrogen (secondary N) is 1. The minimum atomic E-state index is -0.591. The molecule has 2 aromatic carbocycles. The number of amides is 3. The molecule has 1 atom stereocenters. The normalized spacial score (nSPS) is 20.1. The first kappa shape index (κ1) is 20.5. The van der Waals surface area contributed by atoms with Crippen LogP contribution >= 0.6 is 11.6 Å². The molecule has 0 unspecified atom stereocenters. The molecule has 8 heteroatoms. The van der Waals surface area contributed by atoms with Gasteiger partial charge in [0.15, 0.2) is 0 Å². The number of likely N-dealkylation sites (tertiary alicyclic amines) is 1. The molecule has 0 radical (unpaired) electrons. The smallest absolute Gasteiger partial charge is 0.253 e. The number of imide groups is 1. The van der Waals surface area contributed by atoms with Gasteiger partial charge in [-0.3, -0.25) is 14.4 Å². The Bertz CT molecular complexity index is 991. The second kappa shape index (κ2) is 8.53. The van der Waals surface area contributed by atoms with E-state index in [0.717, 1.165) is 0 Å². The van der Waals surface area contributed by atoms with E-state index in [1.54, 1.807) is 35.2 Å². The second-order valence-corrected chi connectivity index (χ2v) is 7.98. The monoisotopic (exact) mass is 429 g/mol. The van der Waals surface area contributed by atoms with E-state index in [9.17, 15) is 18.8 Å². The molecule has 2 aliphatic rings. The Balaban J connectivity index is 1.35. The Morgan fingerprint density at radius 1 is 1.07 bits per heavy atom. The largest absolute Gasteiger partial charge is 0.339 e. The van der Waals surface area contributed by atoms with Crippen molar-refractivity contribution in [1.82, 2.24) is 10.2 Å². The predicted molar refractivity (Wildman–Crippen MR) is 111 cm³/mol. The Hall–Kier alpha value is -2.77. The van der Waals surface area contributed by atoms with Gasteiger partial charge in [-0.2, -0.15) is 0 Å². The highest BCUT2D eigenvalue weighted by Gasteiger charge is 2.40. The molecule has 3 amide bonds. The van der Waals surface area contributed by atoms with Crippen LogP contribution in [-0.2, 0) is 9.59 Å². The molecule has 4 rings (SSSR count). The van der Waals surface area contributed by atoms with Crippen LogP contribution in [0.5, 0.6) is 0 Å². The number of rotatable bonds is 4. The summed E-state index contributed by atoms with van der Waals surface area (Å²) in [6, 6.07) is 11.7.